The van der Waals surface area contributed by atoms with Crippen molar-refractivity contribution in [2.75, 3.05) is 0 Å². The van der Waals surface area contributed by atoms with E-state index in [-0.39, 0.29) is 11.1 Å². The minimum absolute atomic E-state index is 0.211. The standard InChI is InChI=1S/C21H18O4/c1-12-7-3-5-9-14(12)18-17(22)11-16(21(24)25)20(23)19(18)15-10-6-4-8-13(15)2/h3-11,21,24-25H,1-2H3. The topological polar surface area (TPSA) is 74.6 Å². The van der Waals surface area contributed by atoms with Gasteiger partial charge in [-0.2, -0.15) is 0 Å². The Balaban J connectivity index is 2.36. The first-order valence-corrected chi connectivity index (χ1v) is 7.95. The maximum Gasteiger partial charge on any atom is 0.195 e. The number of allylic oxidation sites excluding steroid dienone is 3. The van der Waals surface area contributed by atoms with Crippen molar-refractivity contribution in [1.82, 2.24) is 0 Å². The molecule has 0 fully saturated rings. The molecule has 0 heterocycles. The van der Waals surface area contributed by atoms with Crippen LogP contribution < -0.4 is 0 Å². The van der Waals surface area contributed by atoms with Crippen LogP contribution >= 0.6 is 0 Å². The molecule has 0 unspecified atom stereocenters. The van der Waals surface area contributed by atoms with Crippen molar-refractivity contribution in [3.8, 4) is 0 Å². The molecule has 0 aromatic heterocycles. The average molecular weight is 334 g/mol. The molecule has 2 N–H and O–H groups in total. The van der Waals surface area contributed by atoms with Crippen molar-refractivity contribution in [1.29, 1.82) is 0 Å². The van der Waals surface area contributed by atoms with Crippen LogP contribution in [0.1, 0.15) is 22.3 Å². The number of carbonyl (C=O) groups excluding carboxylic acids is 2. The summed E-state index contributed by atoms with van der Waals surface area (Å²) < 4.78 is 0. The molecule has 1 aliphatic rings. The lowest BCUT2D eigenvalue weighted by Crippen LogP contribution is -2.25. The lowest BCUT2D eigenvalue weighted by Gasteiger charge is -2.22. The van der Waals surface area contributed by atoms with Crippen molar-refractivity contribution >= 4 is 22.7 Å². The largest absolute Gasteiger partial charge is 0.364 e. The van der Waals surface area contributed by atoms with E-state index in [9.17, 15) is 19.8 Å². The molecule has 0 bridgehead atoms. The van der Waals surface area contributed by atoms with Gasteiger partial charge in [-0.3, -0.25) is 9.59 Å². The summed E-state index contributed by atoms with van der Waals surface area (Å²) in [5.74, 6) is -0.947. The van der Waals surface area contributed by atoms with Crippen LogP contribution in [0.3, 0.4) is 0 Å². The molecule has 2 aromatic carbocycles. The zero-order valence-corrected chi connectivity index (χ0v) is 14.0. The van der Waals surface area contributed by atoms with Gasteiger partial charge in [0.2, 0.25) is 0 Å². The Labute approximate surface area is 145 Å². The molecule has 0 radical (unpaired) electrons. The summed E-state index contributed by atoms with van der Waals surface area (Å²) in [5, 5.41) is 19.0. The molecule has 0 amide bonds. The van der Waals surface area contributed by atoms with E-state index in [0.29, 0.717) is 16.7 Å². The number of aryl methyl sites for hydroxylation is 2. The third-order valence-electron chi connectivity index (χ3n) is 4.38. The zero-order valence-electron chi connectivity index (χ0n) is 14.0. The molecule has 4 heteroatoms. The number of Topliss-reactive ketones (excluding diaryl/α,β-unsaturated/α-hetero) is 1. The smallest absolute Gasteiger partial charge is 0.195 e. The number of aliphatic hydroxyl groups is 2. The van der Waals surface area contributed by atoms with Gasteiger partial charge in [-0.05, 0) is 42.2 Å². The minimum atomic E-state index is -1.99. The predicted octanol–water partition coefficient (Wildman–Crippen LogP) is 2.60. The molecule has 4 nitrogen and oxygen atoms in total. The number of carbonyl (C=O) groups is 2. The summed E-state index contributed by atoms with van der Waals surface area (Å²) in [5.41, 5.74) is 3.18. The molecule has 0 saturated carbocycles. The zero-order chi connectivity index (χ0) is 18.1. The van der Waals surface area contributed by atoms with Crippen LogP contribution in [0.15, 0.2) is 60.2 Å². The number of ketones is 2. The number of hydrogen-bond donors (Lipinski definition) is 2. The van der Waals surface area contributed by atoms with Gasteiger partial charge in [-0.15, -0.1) is 0 Å². The Kier molecular flexibility index (Phi) is 4.49. The highest BCUT2D eigenvalue weighted by atomic mass is 16.5. The highest BCUT2D eigenvalue weighted by molar-refractivity contribution is 6.50. The van der Waals surface area contributed by atoms with Crippen molar-refractivity contribution in [3.63, 3.8) is 0 Å². The second kappa shape index (κ2) is 6.59. The van der Waals surface area contributed by atoms with Crippen molar-refractivity contribution in [2.24, 2.45) is 0 Å². The molecule has 1 aliphatic carbocycles. The Morgan fingerprint density at radius 2 is 1.24 bits per heavy atom. The number of rotatable bonds is 3. The van der Waals surface area contributed by atoms with E-state index in [2.05, 4.69) is 0 Å². The maximum absolute atomic E-state index is 13.0. The van der Waals surface area contributed by atoms with Gasteiger partial charge in [-0.25, -0.2) is 0 Å². The Morgan fingerprint density at radius 3 is 1.72 bits per heavy atom. The van der Waals surface area contributed by atoms with Crippen LogP contribution in [0.5, 0.6) is 0 Å². The summed E-state index contributed by atoms with van der Waals surface area (Å²) in [6, 6.07) is 14.6. The maximum atomic E-state index is 13.0. The van der Waals surface area contributed by atoms with Gasteiger partial charge in [0, 0.05) is 11.1 Å². The fourth-order valence-electron chi connectivity index (χ4n) is 3.08. The van der Waals surface area contributed by atoms with E-state index in [1.807, 2.05) is 44.2 Å². The number of benzene rings is 2. The van der Waals surface area contributed by atoms with Gasteiger partial charge in [0.25, 0.3) is 0 Å². The number of hydrogen-bond acceptors (Lipinski definition) is 4. The van der Waals surface area contributed by atoms with Crippen LogP contribution in [-0.2, 0) is 9.59 Å². The minimum Gasteiger partial charge on any atom is -0.364 e. The van der Waals surface area contributed by atoms with Crippen molar-refractivity contribution < 1.29 is 19.8 Å². The lowest BCUT2D eigenvalue weighted by atomic mass is 9.80. The van der Waals surface area contributed by atoms with Gasteiger partial charge < -0.3 is 10.2 Å². The fourth-order valence-corrected chi connectivity index (χ4v) is 3.08. The van der Waals surface area contributed by atoms with E-state index in [0.717, 1.165) is 17.2 Å². The third kappa shape index (κ3) is 2.97. The van der Waals surface area contributed by atoms with Crippen molar-refractivity contribution in [2.45, 2.75) is 20.1 Å². The Morgan fingerprint density at radius 1 is 0.760 bits per heavy atom. The Bertz CT molecular complexity index is 932. The molecule has 0 aliphatic heterocycles. The summed E-state index contributed by atoms with van der Waals surface area (Å²) >= 11 is 0. The van der Waals surface area contributed by atoms with E-state index < -0.39 is 17.9 Å². The number of aliphatic hydroxyl groups excluding tert-OH is 1. The molecule has 0 saturated heterocycles. The van der Waals surface area contributed by atoms with Gasteiger partial charge in [0.1, 0.15) is 0 Å². The van der Waals surface area contributed by atoms with Gasteiger partial charge in [0.05, 0.1) is 5.57 Å². The summed E-state index contributed by atoms with van der Waals surface area (Å²) in [6.45, 7) is 3.72. The molecular weight excluding hydrogens is 316 g/mol. The van der Waals surface area contributed by atoms with Crippen LogP contribution in [0, 0.1) is 13.8 Å². The predicted molar refractivity (Wildman–Crippen MR) is 95.5 cm³/mol. The van der Waals surface area contributed by atoms with Gasteiger partial charge in [0.15, 0.2) is 17.9 Å². The molecule has 2 aromatic rings. The summed E-state index contributed by atoms with van der Waals surface area (Å²) in [4.78, 5) is 25.8. The molecule has 0 spiro atoms. The van der Waals surface area contributed by atoms with E-state index in [1.165, 1.54) is 0 Å². The molecule has 126 valence electrons. The normalized spacial score (nSPS) is 15.0. The van der Waals surface area contributed by atoms with Gasteiger partial charge >= 0.3 is 0 Å². The SMILES string of the molecule is Cc1ccccc1C1=C(c2ccccc2C)C(=O)C(C(O)O)=CC1=O. The summed E-state index contributed by atoms with van der Waals surface area (Å²) in [6.07, 6.45) is -0.967. The third-order valence-corrected chi connectivity index (χ3v) is 4.38. The molecule has 3 rings (SSSR count). The van der Waals surface area contributed by atoms with Gasteiger partial charge in [-0.1, -0.05) is 48.5 Å². The van der Waals surface area contributed by atoms with Crippen LogP contribution in [0.25, 0.3) is 11.1 Å². The highest BCUT2D eigenvalue weighted by Gasteiger charge is 2.33. The van der Waals surface area contributed by atoms with Crippen LogP contribution in [0.2, 0.25) is 0 Å². The second-order valence-corrected chi connectivity index (χ2v) is 6.05. The first kappa shape index (κ1) is 17.0. The monoisotopic (exact) mass is 334 g/mol. The van der Waals surface area contributed by atoms with E-state index in [4.69, 9.17) is 0 Å². The average Bonchev–Trinajstić information content (AvgIpc) is 2.58. The lowest BCUT2D eigenvalue weighted by molar-refractivity contribution is -0.116. The molecule has 25 heavy (non-hydrogen) atoms. The fraction of sp³-hybridized carbons (Fsp3) is 0.143. The highest BCUT2D eigenvalue weighted by Crippen LogP contribution is 2.36. The van der Waals surface area contributed by atoms with Crippen molar-refractivity contribution in [3.05, 3.63) is 82.4 Å². The van der Waals surface area contributed by atoms with Crippen LogP contribution in [-0.4, -0.2) is 28.1 Å². The van der Waals surface area contributed by atoms with E-state index >= 15 is 0 Å². The van der Waals surface area contributed by atoms with E-state index in [1.54, 1.807) is 18.2 Å². The first-order chi connectivity index (χ1) is 11.9. The summed E-state index contributed by atoms with van der Waals surface area (Å²) in [7, 11) is 0. The quantitative estimate of drug-likeness (QED) is 0.668. The van der Waals surface area contributed by atoms with Crippen LogP contribution in [0.4, 0.5) is 0 Å². The second-order valence-electron chi connectivity index (χ2n) is 6.05. The molecule has 0 atom stereocenters. The first-order valence-electron chi connectivity index (χ1n) is 7.95. The Hall–Kier alpha value is -2.82. The molecular formula is C21H18O4.